The van der Waals surface area contributed by atoms with Crippen molar-refractivity contribution in [3.8, 4) is 0 Å². The third-order valence-electron chi connectivity index (χ3n) is 3.93. The molecule has 0 aliphatic rings. The van der Waals surface area contributed by atoms with Crippen LogP contribution in [0.15, 0.2) is 36.4 Å². The molecule has 2 aromatic heterocycles. The van der Waals surface area contributed by atoms with Crippen molar-refractivity contribution in [2.75, 3.05) is 5.32 Å². The fourth-order valence-corrected chi connectivity index (χ4v) is 2.69. The van der Waals surface area contributed by atoms with Gasteiger partial charge in [-0.25, -0.2) is 4.68 Å². The molecule has 0 saturated heterocycles. The number of rotatable bonds is 7. The Hall–Kier alpha value is -3.03. The molecule has 0 radical (unpaired) electrons. The van der Waals surface area contributed by atoms with Crippen LogP contribution >= 0.6 is 0 Å². The van der Waals surface area contributed by atoms with Gasteiger partial charge in [0.1, 0.15) is 11.9 Å². The standard InChI is InChI=1S/C17H21N7O/c1-3-7-14-11-16(21-20-14)18-17(25)15(24-12(2)19-22-23-24)10-13-8-5-4-6-9-13/h4-6,8-9,11,15H,3,7,10H2,1-2H3,(H2,18,20,21,25)/t15-/m1/s1. The molecule has 2 N–H and O–H groups in total. The van der Waals surface area contributed by atoms with Crippen LogP contribution < -0.4 is 5.32 Å². The van der Waals surface area contributed by atoms with Crippen LogP contribution in [0.1, 0.15) is 36.5 Å². The summed E-state index contributed by atoms with van der Waals surface area (Å²) in [5.74, 6) is 0.899. The lowest BCUT2D eigenvalue weighted by atomic mass is 10.1. The lowest BCUT2D eigenvalue weighted by Crippen LogP contribution is -2.29. The highest BCUT2D eigenvalue weighted by molar-refractivity contribution is 5.93. The number of aromatic nitrogens is 6. The van der Waals surface area contributed by atoms with Gasteiger partial charge in [0.05, 0.1) is 0 Å². The van der Waals surface area contributed by atoms with Crippen LogP contribution in [0.4, 0.5) is 5.82 Å². The molecule has 8 heteroatoms. The van der Waals surface area contributed by atoms with Gasteiger partial charge in [0.25, 0.3) is 5.91 Å². The number of H-pyrrole nitrogens is 1. The number of tetrazole rings is 1. The van der Waals surface area contributed by atoms with E-state index in [1.54, 1.807) is 11.6 Å². The summed E-state index contributed by atoms with van der Waals surface area (Å²) in [6, 6.07) is 11.1. The Morgan fingerprint density at radius 1 is 1.32 bits per heavy atom. The summed E-state index contributed by atoms with van der Waals surface area (Å²) < 4.78 is 1.54. The van der Waals surface area contributed by atoms with Crippen molar-refractivity contribution < 1.29 is 4.79 Å². The fraction of sp³-hybridized carbons (Fsp3) is 0.353. The maximum absolute atomic E-state index is 12.9. The number of amides is 1. The van der Waals surface area contributed by atoms with Crippen LogP contribution in [0.3, 0.4) is 0 Å². The Labute approximate surface area is 145 Å². The van der Waals surface area contributed by atoms with E-state index in [9.17, 15) is 4.79 Å². The molecule has 0 unspecified atom stereocenters. The van der Waals surface area contributed by atoms with Crippen molar-refractivity contribution in [3.63, 3.8) is 0 Å². The molecule has 25 heavy (non-hydrogen) atoms. The number of nitrogens with one attached hydrogen (secondary N) is 2. The molecular formula is C17H21N7O. The molecule has 0 spiro atoms. The molecule has 1 atom stereocenters. The molecule has 2 heterocycles. The number of hydrogen-bond donors (Lipinski definition) is 2. The minimum Gasteiger partial charge on any atom is -0.307 e. The van der Waals surface area contributed by atoms with Gasteiger partial charge >= 0.3 is 0 Å². The Morgan fingerprint density at radius 2 is 2.12 bits per heavy atom. The Bertz CT molecular complexity index is 824. The summed E-state index contributed by atoms with van der Waals surface area (Å²) in [5.41, 5.74) is 2.03. The highest BCUT2D eigenvalue weighted by Gasteiger charge is 2.25. The number of carbonyl (C=O) groups excluding carboxylic acids is 1. The van der Waals surface area contributed by atoms with Crippen LogP contribution in [-0.4, -0.2) is 36.3 Å². The van der Waals surface area contributed by atoms with Crippen LogP contribution in [0.2, 0.25) is 0 Å². The zero-order valence-electron chi connectivity index (χ0n) is 14.3. The van der Waals surface area contributed by atoms with E-state index in [0.29, 0.717) is 18.1 Å². The maximum Gasteiger partial charge on any atom is 0.250 e. The summed E-state index contributed by atoms with van der Waals surface area (Å²) in [6.07, 6.45) is 2.39. The van der Waals surface area contributed by atoms with Gasteiger partial charge in [0.15, 0.2) is 5.82 Å². The number of aromatic amines is 1. The second kappa shape index (κ2) is 7.69. The van der Waals surface area contributed by atoms with Crippen molar-refractivity contribution in [2.45, 2.75) is 39.2 Å². The van der Waals surface area contributed by atoms with Gasteiger partial charge in [-0.3, -0.25) is 9.89 Å². The van der Waals surface area contributed by atoms with Crippen LogP contribution in [-0.2, 0) is 17.6 Å². The molecule has 0 aliphatic heterocycles. The predicted molar refractivity (Wildman–Crippen MR) is 92.9 cm³/mol. The lowest BCUT2D eigenvalue weighted by Gasteiger charge is -2.16. The highest BCUT2D eigenvalue weighted by Crippen LogP contribution is 2.17. The second-order valence-corrected chi connectivity index (χ2v) is 5.89. The maximum atomic E-state index is 12.9. The molecule has 0 aliphatic carbocycles. The predicted octanol–water partition coefficient (Wildman–Crippen LogP) is 2.08. The van der Waals surface area contributed by atoms with E-state index < -0.39 is 6.04 Å². The van der Waals surface area contributed by atoms with E-state index in [1.807, 2.05) is 36.4 Å². The Kier molecular flexibility index (Phi) is 5.17. The van der Waals surface area contributed by atoms with E-state index in [-0.39, 0.29) is 5.91 Å². The van der Waals surface area contributed by atoms with Crippen molar-refractivity contribution in [3.05, 3.63) is 53.5 Å². The lowest BCUT2D eigenvalue weighted by molar-refractivity contribution is -0.119. The molecule has 1 aromatic carbocycles. The molecule has 0 saturated carbocycles. The van der Waals surface area contributed by atoms with E-state index in [0.717, 1.165) is 24.1 Å². The van der Waals surface area contributed by atoms with E-state index >= 15 is 0 Å². The van der Waals surface area contributed by atoms with Gasteiger partial charge in [0, 0.05) is 18.2 Å². The minimum atomic E-state index is -0.552. The first kappa shape index (κ1) is 16.8. The number of nitrogens with zero attached hydrogens (tertiary/aromatic N) is 5. The van der Waals surface area contributed by atoms with Crippen molar-refractivity contribution in [1.82, 2.24) is 30.4 Å². The number of carbonyl (C=O) groups is 1. The highest BCUT2D eigenvalue weighted by atomic mass is 16.2. The van der Waals surface area contributed by atoms with Crippen LogP contribution in [0.5, 0.6) is 0 Å². The summed E-state index contributed by atoms with van der Waals surface area (Å²) in [7, 11) is 0. The monoisotopic (exact) mass is 339 g/mol. The molecule has 3 aromatic rings. The third-order valence-corrected chi connectivity index (χ3v) is 3.93. The van der Waals surface area contributed by atoms with E-state index in [1.165, 1.54) is 0 Å². The Balaban J connectivity index is 1.80. The quantitative estimate of drug-likeness (QED) is 0.686. The zero-order valence-corrected chi connectivity index (χ0v) is 14.3. The first-order valence-corrected chi connectivity index (χ1v) is 8.31. The molecule has 1 amide bonds. The van der Waals surface area contributed by atoms with Crippen LogP contribution in [0.25, 0.3) is 0 Å². The molecule has 8 nitrogen and oxygen atoms in total. The SMILES string of the molecule is CCCc1cc(NC(=O)[C@@H](Cc2ccccc2)n2nnnc2C)n[nH]1. The van der Waals surface area contributed by atoms with Crippen molar-refractivity contribution >= 4 is 11.7 Å². The van der Waals surface area contributed by atoms with Gasteiger partial charge in [-0.1, -0.05) is 43.7 Å². The molecule has 3 rings (SSSR count). The smallest absolute Gasteiger partial charge is 0.250 e. The number of aryl methyl sites for hydroxylation is 2. The Morgan fingerprint density at radius 3 is 2.80 bits per heavy atom. The first-order valence-electron chi connectivity index (χ1n) is 8.31. The minimum absolute atomic E-state index is 0.200. The molecule has 0 fully saturated rings. The average Bonchev–Trinajstić information content (AvgIpc) is 3.23. The van der Waals surface area contributed by atoms with Crippen LogP contribution in [0, 0.1) is 6.92 Å². The first-order chi connectivity index (χ1) is 12.2. The number of anilines is 1. The fourth-order valence-electron chi connectivity index (χ4n) is 2.69. The summed E-state index contributed by atoms with van der Waals surface area (Å²) in [5, 5.41) is 21.5. The third kappa shape index (κ3) is 4.09. The second-order valence-electron chi connectivity index (χ2n) is 5.89. The van der Waals surface area contributed by atoms with Gasteiger partial charge in [0.2, 0.25) is 0 Å². The largest absolute Gasteiger partial charge is 0.307 e. The zero-order chi connectivity index (χ0) is 17.6. The van der Waals surface area contributed by atoms with Gasteiger partial charge in [-0.05, 0) is 29.3 Å². The summed E-state index contributed by atoms with van der Waals surface area (Å²) in [6.45, 7) is 3.87. The van der Waals surface area contributed by atoms with Crippen molar-refractivity contribution in [2.24, 2.45) is 0 Å². The molecule has 0 bridgehead atoms. The molecule has 130 valence electrons. The van der Waals surface area contributed by atoms with Gasteiger partial charge in [-0.2, -0.15) is 5.10 Å². The molecular weight excluding hydrogens is 318 g/mol. The van der Waals surface area contributed by atoms with E-state index in [4.69, 9.17) is 0 Å². The van der Waals surface area contributed by atoms with E-state index in [2.05, 4.69) is 38.0 Å². The average molecular weight is 339 g/mol. The van der Waals surface area contributed by atoms with Gasteiger partial charge in [-0.15, -0.1) is 5.10 Å². The summed E-state index contributed by atoms with van der Waals surface area (Å²) >= 11 is 0. The topological polar surface area (TPSA) is 101 Å². The van der Waals surface area contributed by atoms with Gasteiger partial charge < -0.3 is 5.32 Å². The normalized spacial score (nSPS) is 12.1. The number of benzene rings is 1. The number of hydrogen-bond acceptors (Lipinski definition) is 5. The van der Waals surface area contributed by atoms with Crippen molar-refractivity contribution in [1.29, 1.82) is 0 Å². The summed E-state index contributed by atoms with van der Waals surface area (Å²) in [4.78, 5) is 12.9.